The molecule has 7 atom stereocenters. The number of esters is 1. The molecule has 0 spiro atoms. The van der Waals surface area contributed by atoms with Gasteiger partial charge < -0.3 is 4.74 Å². The summed E-state index contributed by atoms with van der Waals surface area (Å²) in [6, 6.07) is 14.1. The van der Waals surface area contributed by atoms with Crippen molar-refractivity contribution in [1.29, 1.82) is 0 Å². The molecule has 33 heavy (non-hydrogen) atoms. The van der Waals surface area contributed by atoms with Gasteiger partial charge in [-0.15, -0.1) is 0 Å². The van der Waals surface area contributed by atoms with Crippen LogP contribution < -0.4 is 4.74 Å². The summed E-state index contributed by atoms with van der Waals surface area (Å²) in [7, 11) is 0. The van der Waals surface area contributed by atoms with Crippen LogP contribution in [0, 0.1) is 49.4 Å². The molecule has 2 amide bonds. The molecular weight excluding hydrogens is 414 g/mol. The molecule has 5 nitrogen and oxygen atoms in total. The zero-order valence-electron chi connectivity index (χ0n) is 18.8. The maximum Gasteiger partial charge on any atom is 0.335 e. The van der Waals surface area contributed by atoms with Crippen LogP contribution in [0.2, 0.25) is 0 Å². The Balaban J connectivity index is 1.34. The van der Waals surface area contributed by atoms with E-state index in [0.717, 1.165) is 23.1 Å². The van der Waals surface area contributed by atoms with Crippen LogP contribution >= 0.6 is 0 Å². The Bertz CT molecular complexity index is 1150. The van der Waals surface area contributed by atoms with E-state index in [1.165, 1.54) is 4.90 Å². The fourth-order valence-corrected chi connectivity index (χ4v) is 6.42. The molecule has 2 aromatic carbocycles. The summed E-state index contributed by atoms with van der Waals surface area (Å²) in [6.07, 6.45) is 5.65. The van der Waals surface area contributed by atoms with Gasteiger partial charge in [0.25, 0.3) is 0 Å². The number of benzene rings is 2. The highest BCUT2D eigenvalue weighted by molar-refractivity contribution is 6.09. The Hall–Kier alpha value is -3.21. The minimum atomic E-state index is -0.978. The van der Waals surface area contributed by atoms with Crippen molar-refractivity contribution in [2.24, 2.45) is 35.5 Å². The molecule has 5 aliphatic rings. The van der Waals surface area contributed by atoms with E-state index in [2.05, 4.69) is 12.2 Å². The first-order valence-electron chi connectivity index (χ1n) is 11.8. The number of likely N-dealkylation sites (tertiary alicyclic amines) is 1. The first-order chi connectivity index (χ1) is 16.0. The Morgan fingerprint density at radius 3 is 2.21 bits per heavy atom. The van der Waals surface area contributed by atoms with Gasteiger partial charge in [0.05, 0.1) is 11.8 Å². The third-order valence-corrected chi connectivity index (χ3v) is 8.32. The molecule has 1 saturated heterocycles. The minimum Gasteiger partial charge on any atom is -0.425 e. The first kappa shape index (κ1) is 20.4. The zero-order chi connectivity index (χ0) is 22.9. The van der Waals surface area contributed by atoms with E-state index in [4.69, 9.17) is 4.74 Å². The lowest BCUT2D eigenvalue weighted by molar-refractivity contribution is -0.153. The first-order valence-corrected chi connectivity index (χ1v) is 11.8. The van der Waals surface area contributed by atoms with Gasteiger partial charge in [-0.2, -0.15) is 0 Å². The summed E-state index contributed by atoms with van der Waals surface area (Å²) in [6.45, 7) is 3.86. The van der Waals surface area contributed by atoms with Crippen molar-refractivity contribution >= 4 is 17.8 Å². The van der Waals surface area contributed by atoms with Crippen molar-refractivity contribution in [2.45, 2.75) is 32.7 Å². The van der Waals surface area contributed by atoms with Gasteiger partial charge in [0, 0.05) is 6.42 Å². The average molecular weight is 442 g/mol. The van der Waals surface area contributed by atoms with E-state index in [1.54, 1.807) is 6.07 Å². The van der Waals surface area contributed by atoms with Crippen molar-refractivity contribution in [2.75, 3.05) is 0 Å². The van der Waals surface area contributed by atoms with Crippen LogP contribution in [0.15, 0.2) is 60.7 Å². The van der Waals surface area contributed by atoms with Crippen LogP contribution in [-0.4, -0.2) is 28.7 Å². The number of carbonyl (C=O) groups excluding carboxylic acids is 3. The molecule has 3 fully saturated rings. The van der Waals surface area contributed by atoms with Crippen LogP contribution in [0.3, 0.4) is 0 Å². The average Bonchev–Trinajstić information content (AvgIpc) is 3.60. The van der Waals surface area contributed by atoms with Crippen molar-refractivity contribution in [1.82, 2.24) is 4.90 Å². The Morgan fingerprint density at radius 1 is 0.939 bits per heavy atom. The molecule has 0 N–H and O–H groups in total. The third kappa shape index (κ3) is 3.09. The summed E-state index contributed by atoms with van der Waals surface area (Å²) >= 11 is 0. The van der Waals surface area contributed by atoms with Gasteiger partial charge in [-0.3, -0.25) is 14.5 Å². The van der Waals surface area contributed by atoms with Crippen molar-refractivity contribution < 1.29 is 19.1 Å². The maximum atomic E-state index is 13.7. The highest BCUT2D eigenvalue weighted by atomic mass is 16.5. The number of allylic oxidation sites excluding steroid dienone is 2. The largest absolute Gasteiger partial charge is 0.425 e. The molecule has 1 heterocycles. The van der Waals surface area contributed by atoms with Gasteiger partial charge in [0.15, 0.2) is 0 Å². The van der Waals surface area contributed by atoms with Crippen LogP contribution in [0.1, 0.15) is 23.1 Å². The second-order valence-electron chi connectivity index (χ2n) is 10.0. The Kier molecular flexibility index (Phi) is 4.58. The van der Waals surface area contributed by atoms with Crippen molar-refractivity contribution in [3.63, 3.8) is 0 Å². The SMILES string of the molecule is Cc1cccc(OC(=O)[C@@H](Cc2ccccc2)N2C(=O)[C@H]3[C@@H]4C=C[C@H]([C@H]5C[C@H]45)[C@@H]3C2=O)c1C. The van der Waals surface area contributed by atoms with E-state index >= 15 is 0 Å². The lowest BCUT2D eigenvalue weighted by Gasteiger charge is -2.37. The van der Waals surface area contributed by atoms with Gasteiger partial charge in [-0.05, 0) is 66.7 Å². The smallest absolute Gasteiger partial charge is 0.335 e. The Morgan fingerprint density at radius 2 is 1.58 bits per heavy atom. The van der Waals surface area contributed by atoms with Gasteiger partial charge >= 0.3 is 5.97 Å². The normalized spacial score (nSPS) is 31.9. The summed E-state index contributed by atoms with van der Waals surface area (Å²) in [4.78, 5) is 42.1. The molecule has 2 bridgehead atoms. The number of amides is 2. The zero-order valence-corrected chi connectivity index (χ0v) is 18.8. The lowest BCUT2D eigenvalue weighted by Crippen LogP contribution is -2.48. The Labute approximate surface area is 193 Å². The van der Waals surface area contributed by atoms with Gasteiger partial charge in [-0.25, -0.2) is 4.79 Å². The molecule has 7 rings (SSSR count). The molecule has 0 aromatic heterocycles. The van der Waals surface area contributed by atoms with Crippen molar-refractivity contribution in [3.8, 4) is 5.75 Å². The molecule has 5 heteroatoms. The van der Waals surface area contributed by atoms with Crippen LogP contribution in [0.4, 0.5) is 0 Å². The van der Waals surface area contributed by atoms with E-state index < -0.39 is 12.0 Å². The highest BCUT2D eigenvalue weighted by Gasteiger charge is 2.68. The molecule has 0 radical (unpaired) electrons. The van der Waals surface area contributed by atoms with Gasteiger partial charge in [0.2, 0.25) is 11.8 Å². The fourth-order valence-electron chi connectivity index (χ4n) is 6.42. The predicted molar refractivity (Wildman–Crippen MR) is 122 cm³/mol. The summed E-state index contributed by atoms with van der Waals surface area (Å²) in [5.74, 6) is 0.140. The highest BCUT2D eigenvalue weighted by Crippen LogP contribution is 2.65. The number of aryl methyl sites for hydroxylation is 1. The van der Waals surface area contributed by atoms with Crippen molar-refractivity contribution in [3.05, 3.63) is 77.4 Å². The molecule has 2 saturated carbocycles. The fraction of sp³-hybridized carbons (Fsp3) is 0.393. The number of hydrogen-bond donors (Lipinski definition) is 0. The summed E-state index contributed by atoms with van der Waals surface area (Å²) < 4.78 is 5.82. The van der Waals surface area contributed by atoms with E-state index in [-0.39, 0.29) is 41.9 Å². The van der Waals surface area contributed by atoms with Gasteiger partial charge in [-0.1, -0.05) is 54.6 Å². The predicted octanol–water partition coefficient (Wildman–Crippen LogP) is 3.87. The quantitative estimate of drug-likeness (QED) is 0.306. The molecule has 168 valence electrons. The molecule has 1 aliphatic heterocycles. The lowest BCUT2D eigenvalue weighted by atomic mass is 9.63. The van der Waals surface area contributed by atoms with Crippen LogP contribution in [0.25, 0.3) is 0 Å². The number of ether oxygens (including phenoxy) is 1. The molecule has 0 unspecified atom stereocenters. The maximum absolute atomic E-state index is 13.7. The molecular formula is C28H27NO4. The number of hydrogen-bond acceptors (Lipinski definition) is 4. The summed E-state index contributed by atoms with van der Waals surface area (Å²) in [5, 5.41) is 0. The van der Waals surface area contributed by atoms with Crippen LogP contribution in [-0.2, 0) is 20.8 Å². The molecule has 4 aliphatic carbocycles. The van der Waals surface area contributed by atoms with Gasteiger partial charge in [0.1, 0.15) is 11.8 Å². The number of carbonyl (C=O) groups is 3. The van der Waals surface area contributed by atoms with Crippen LogP contribution in [0.5, 0.6) is 5.75 Å². The van der Waals surface area contributed by atoms with E-state index in [1.807, 2.05) is 56.3 Å². The second-order valence-corrected chi connectivity index (χ2v) is 10.0. The number of nitrogens with zero attached hydrogens (tertiary/aromatic N) is 1. The minimum absolute atomic E-state index is 0.124. The molecule has 2 aromatic rings. The number of rotatable bonds is 5. The topological polar surface area (TPSA) is 63.7 Å². The third-order valence-electron chi connectivity index (χ3n) is 8.32. The standard InChI is InChI=1S/C28H27NO4/c1-15-7-6-10-23(16(15)2)33-28(32)22(13-17-8-4-3-5-9-17)29-26(30)24-18-11-12-19(21-14-20(18)21)25(24)27(29)31/h3-12,18-22,24-25H,13-14H2,1-2H3/t18-,19-,20-,21-,22-,24+,25+/m1/s1. The number of imide groups is 1. The second kappa shape index (κ2) is 7.41. The van der Waals surface area contributed by atoms with E-state index in [0.29, 0.717) is 17.6 Å². The van der Waals surface area contributed by atoms with E-state index in [9.17, 15) is 14.4 Å². The summed E-state index contributed by atoms with van der Waals surface area (Å²) in [5.41, 5.74) is 2.78. The monoisotopic (exact) mass is 441 g/mol.